The van der Waals surface area contributed by atoms with Gasteiger partial charge in [-0.25, -0.2) is 0 Å². The Kier molecular flexibility index (Phi) is 7.31. The molecule has 184 valence electrons. The van der Waals surface area contributed by atoms with E-state index in [-0.39, 0.29) is 24.3 Å². The number of morpholine rings is 1. The normalized spacial score (nSPS) is 15.1. The summed E-state index contributed by atoms with van der Waals surface area (Å²) in [6.07, 6.45) is 1.97. The van der Waals surface area contributed by atoms with Gasteiger partial charge in [0, 0.05) is 39.0 Å². The van der Waals surface area contributed by atoms with Crippen LogP contribution in [0.4, 0.5) is 11.4 Å². The van der Waals surface area contributed by atoms with E-state index in [1.54, 1.807) is 34.9 Å². The number of anilines is 2. The quantitative estimate of drug-likeness (QED) is 0.495. The molecule has 9 heteroatoms. The highest BCUT2D eigenvalue weighted by molar-refractivity contribution is 7.99. The van der Waals surface area contributed by atoms with Gasteiger partial charge in [0.05, 0.1) is 24.5 Å². The fraction of sp³-hybridized carbons (Fsp3) is 0.222. The summed E-state index contributed by atoms with van der Waals surface area (Å²) < 4.78 is 5.37. The Morgan fingerprint density at radius 3 is 2.61 bits per heavy atom. The molecule has 1 fully saturated rings. The van der Waals surface area contributed by atoms with Gasteiger partial charge < -0.3 is 15.0 Å². The summed E-state index contributed by atoms with van der Waals surface area (Å²) in [5.41, 5.74) is 2.22. The Balaban J connectivity index is 1.48. The first-order chi connectivity index (χ1) is 17.5. The number of thioether (sulfide) groups is 1. The number of hydrogen-bond donors (Lipinski definition) is 1. The molecule has 36 heavy (non-hydrogen) atoms. The second-order valence-electron chi connectivity index (χ2n) is 8.36. The molecular weight excluding hydrogens is 494 g/mol. The number of hydrogen-bond acceptors (Lipinski definition) is 6. The predicted octanol–water partition coefficient (Wildman–Crippen LogP) is 4.63. The van der Waals surface area contributed by atoms with Crippen LogP contribution in [0.5, 0.6) is 0 Å². The molecule has 3 aromatic carbocycles. The van der Waals surface area contributed by atoms with E-state index in [0.717, 1.165) is 14.7 Å². The van der Waals surface area contributed by atoms with Crippen molar-refractivity contribution in [1.29, 1.82) is 0 Å². The van der Waals surface area contributed by atoms with Crippen molar-refractivity contribution in [3.8, 4) is 0 Å². The number of ether oxygens (including phenoxy) is 1. The van der Waals surface area contributed by atoms with Gasteiger partial charge in [-0.15, -0.1) is 11.8 Å². The number of carbonyl (C=O) groups is 3. The van der Waals surface area contributed by atoms with Crippen molar-refractivity contribution in [3.05, 3.63) is 77.9 Å². The summed E-state index contributed by atoms with van der Waals surface area (Å²) in [7, 11) is 0. The summed E-state index contributed by atoms with van der Waals surface area (Å²) in [6.45, 7) is 1.88. The Labute approximate surface area is 218 Å². The molecule has 7 nitrogen and oxygen atoms in total. The van der Waals surface area contributed by atoms with Crippen LogP contribution in [0.25, 0.3) is 0 Å². The van der Waals surface area contributed by atoms with E-state index in [1.807, 2.05) is 54.8 Å². The van der Waals surface area contributed by atoms with Crippen LogP contribution in [0.3, 0.4) is 0 Å². The minimum Gasteiger partial charge on any atom is -0.378 e. The van der Waals surface area contributed by atoms with Crippen molar-refractivity contribution < 1.29 is 19.1 Å². The zero-order chi connectivity index (χ0) is 25.1. The minimum absolute atomic E-state index is 0.112. The monoisotopic (exact) mass is 519 g/mol. The third-order valence-electron chi connectivity index (χ3n) is 6.03. The van der Waals surface area contributed by atoms with Crippen molar-refractivity contribution >= 4 is 52.6 Å². The second-order valence-corrected chi connectivity index (χ2v) is 10.3. The Bertz CT molecular complexity index is 1320. The first-order valence-electron chi connectivity index (χ1n) is 11.6. The first kappa shape index (κ1) is 24.4. The SMILES string of the molecule is CSc1cccc(NC(=O)CN2C(=O)c3ccccc3Sc3ccc(C(=O)N4CCOCC4)cc32)c1. The lowest BCUT2D eigenvalue weighted by molar-refractivity contribution is -0.114. The average molecular weight is 520 g/mol. The molecule has 0 radical (unpaired) electrons. The van der Waals surface area contributed by atoms with Crippen LogP contribution in [0.1, 0.15) is 20.7 Å². The highest BCUT2D eigenvalue weighted by Gasteiger charge is 2.30. The van der Waals surface area contributed by atoms with Gasteiger partial charge in [-0.3, -0.25) is 19.3 Å². The van der Waals surface area contributed by atoms with E-state index in [1.165, 1.54) is 16.7 Å². The van der Waals surface area contributed by atoms with Gasteiger partial charge in [-0.05, 0) is 54.8 Å². The fourth-order valence-electron chi connectivity index (χ4n) is 4.20. The minimum atomic E-state index is -0.318. The Morgan fingerprint density at radius 2 is 1.81 bits per heavy atom. The highest BCUT2D eigenvalue weighted by atomic mass is 32.2. The zero-order valence-corrected chi connectivity index (χ0v) is 21.4. The summed E-state index contributed by atoms with van der Waals surface area (Å²) >= 11 is 3.05. The third kappa shape index (κ3) is 5.13. The van der Waals surface area contributed by atoms with Gasteiger partial charge in [-0.1, -0.05) is 30.0 Å². The smallest absolute Gasteiger partial charge is 0.259 e. The van der Waals surface area contributed by atoms with E-state index in [2.05, 4.69) is 5.32 Å². The fourth-order valence-corrected chi connectivity index (χ4v) is 5.72. The Hall–Kier alpha value is -3.27. The van der Waals surface area contributed by atoms with Crippen molar-refractivity contribution in [1.82, 2.24) is 4.90 Å². The maximum atomic E-state index is 13.7. The van der Waals surface area contributed by atoms with E-state index in [0.29, 0.717) is 48.8 Å². The number of fused-ring (bicyclic) bond motifs is 2. The number of benzene rings is 3. The molecule has 0 aromatic heterocycles. The molecule has 3 aromatic rings. The van der Waals surface area contributed by atoms with E-state index < -0.39 is 0 Å². The molecule has 3 amide bonds. The molecule has 0 unspecified atom stereocenters. The number of rotatable bonds is 5. The van der Waals surface area contributed by atoms with Gasteiger partial charge in [0.2, 0.25) is 5.91 Å². The first-order valence-corrected chi connectivity index (χ1v) is 13.6. The van der Waals surface area contributed by atoms with Gasteiger partial charge in [0.1, 0.15) is 6.54 Å². The van der Waals surface area contributed by atoms with Crippen LogP contribution in [-0.2, 0) is 9.53 Å². The van der Waals surface area contributed by atoms with Crippen molar-refractivity contribution in [3.63, 3.8) is 0 Å². The largest absolute Gasteiger partial charge is 0.378 e. The summed E-state index contributed by atoms with van der Waals surface area (Å²) in [5, 5.41) is 2.91. The average Bonchev–Trinajstić information content (AvgIpc) is 3.03. The lowest BCUT2D eigenvalue weighted by Gasteiger charge is -2.28. The lowest BCUT2D eigenvalue weighted by atomic mass is 10.1. The van der Waals surface area contributed by atoms with Gasteiger partial charge >= 0.3 is 0 Å². The van der Waals surface area contributed by atoms with Crippen LogP contribution < -0.4 is 10.2 Å². The van der Waals surface area contributed by atoms with Crippen LogP contribution in [-0.4, -0.2) is 61.7 Å². The van der Waals surface area contributed by atoms with Gasteiger partial charge in [-0.2, -0.15) is 0 Å². The van der Waals surface area contributed by atoms with Gasteiger partial charge in [0.15, 0.2) is 0 Å². The number of carbonyl (C=O) groups excluding carboxylic acids is 3. The molecule has 5 rings (SSSR count). The van der Waals surface area contributed by atoms with E-state index >= 15 is 0 Å². The zero-order valence-electron chi connectivity index (χ0n) is 19.7. The molecule has 1 saturated heterocycles. The van der Waals surface area contributed by atoms with Crippen LogP contribution in [0.15, 0.2) is 81.4 Å². The summed E-state index contributed by atoms with van der Waals surface area (Å²) in [6, 6.07) is 20.3. The van der Waals surface area contributed by atoms with Crippen LogP contribution >= 0.6 is 23.5 Å². The molecular formula is C27H25N3O4S2. The van der Waals surface area contributed by atoms with Crippen LogP contribution in [0.2, 0.25) is 0 Å². The Morgan fingerprint density at radius 1 is 1.00 bits per heavy atom. The maximum Gasteiger partial charge on any atom is 0.259 e. The van der Waals surface area contributed by atoms with Crippen molar-refractivity contribution in [2.24, 2.45) is 0 Å². The van der Waals surface area contributed by atoms with E-state index in [9.17, 15) is 14.4 Å². The van der Waals surface area contributed by atoms with Crippen LogP contribution in [0, 0.1) is 0 Å². The third-order valence-corrected chi connectivity index (χ3v) is 7.90. The topological polar surface area (TPSA) is 79.0 Å². The molecule has 0 saturated carbocycles. The molecule has 2 aliphatic heterocycles. The molecule has 1 N–H and O–H groups in total. The maximum absolute atomic E-state index is 13.7. The molecule has 0 atom stereocenters. The van der Waals surface area contributed by atoms with Crippen molar-refractivity contribution in [2.45, 2.75) is 14.7 Å². The molecule has 0 bridgehead atoms. The standard InChI is InChI=1S/C27H25N3O4S2/c1-35-20-6-4-5-19(16-20)28-25(31)17-30-22-15-18(26(32)29-11-13-34-14-12-29)9-10-24(22)36-23-8-3-2-7-21(23)27(30)33/h2-10,15-16H,11-14,17H2,1H3,(H,28,31). The molecule has 2 aliphatic rings. The predicted molar refractivity (Wildman–Crippen MR) is 142 cm³/mol. The van der Waals surface area contributed by atoms with Gasteiger partial charge in [0.25, 0.3) is 11.8 Å². The summed E-state index contributed by atoms with van der Waals surface area (Å²) in [4.78, 5) is 45.9. The van der Waals surface area contributed by atoms with E-state index in [4.69, 9.17) is 4.74 Å². The molecule has 2 heterocycles. The lowest BCUT2D eigenvalue weighted by Crippen LogP contribution is -2.41. The van der Waals surface area contributed by atoms with Crippen molar-refractivity contribution in [2.75, 3.05) is 49.3 Å². The number of nitrogens with one attached hydrogen (secondary N) is 1. The molecule has 0 aliphatic carbocycles. The molecule has 0 spiro atoms. The number of amides is 3. The number of nitrogens with zero attached hydrogens (tertiary/aromatic N) is 2. The summed E-state index contributed by atoms with van der Waals surface area (Å²) in [5.74, 6) is -0.707. The highest BCUT2D eigenvalue weighted by Crippen LogP contribution is 2.42. The second kappa shape index (κ2) is 10.8.